The van der Waals surface area contributed by atoms with Crippen molar-refractivity contribution in [2.75, 3.05) is 27.9 Å². The first kappa shape index (κ1) is 26.5. The first-order valence-electron chi connectivity index (χ1n) is 10.5. The van der Waals surface area contributed by atoms with Crippen molar-refractivity contribution in [1.29, 1.82) is 0 Å². The van der Waals surface area contributed by atoms with E-state index in [0.717, 1.165) is 26.9 Å². The number of carbonyl (C=O) groups is 1. The van der Waals surface area contributed by atoms with Gasteiger partial charge in [0.1, 0.15) is 18.6 Å². The van der Waals surface area contributed by atoms with Crippen LogP contribution in [-0.4, -0.2) is 61.8 Å². The Balaban J connectivity index is 2.46. The molecule has 178 valence electrons. The molecule has 2 rings (SSSR count). The molecular formula is C22H34BrN3O5Si. The summed E-state index contributed by atoms with van der Waals surface area (Å²) in [6, 6.07) is 4.61. The van der Waals surface area contributed by atoms with Crippen LogP contribution in [0.2, 0.25) is 25.7 Å². The minimum absolute atomic E-state index is 0.134. The van der Waals surface area contributed by atoms with Gasteiger partial charge in [-0.05, 0) is 34.5 Å². The van der Waals surface area contributed by atoms with Gasteiger partial charge in [0.05, 0.1) is 31.7 Å². The second kappa shape index (κ2) is 11.4. The fraction of sp³-hybridized carbons (Fsp3) is 0.545. The van der Waals surface area contributed by atoms with Crippen LogP contribution >= 0.6 is 15.9 Å². The number of benzene rings is 1. The summed E-state index contributed by atoms with van der Waals surface area (Å²) in [5.41, 5.74) is 2.14. The second-order valence-corrected chi connectivity index (χ2v) is 15.1. The van der Waals surface area contributed by atoms with E-state index in [4.69, 9.17) is 14.3 Å². The van der Waals surface area contributed by atoms with Gasteiger partial charge >= 0.3 is 0 Å². The van der Waals surface area contributed by atoms with Crippen LogP contribution in [0.5, 0.6) is 5.75 Å². The Labute approximate surface area is 199 Å². The zero-order valence-corrected chi connectivity index (χ0v) is 22.5. The van der Waals surface area contributed by atoms with E-state index in [-0.39, 0.29) is 12.3 Å². The summed E-state index contributed by atoms with van der Waals surface area (Å²) >= 11 is 3.62. The van der Waals surface area contributed by atoms with Gasteiger partial charge in [-0.2, -0.15) is 5.10 Å². The van der Waals surface area contributed by atoms with Crippen LogP contribution in [0.25, 0.3) is 0 Å². The number of aromatic nitrogens is 2. The number of hydrogen-bond donors (Lipinski definition) is 1. The number of halogens is 1. The summed E-state index contributed by atoms with van der Waals surface area (Å²) in [5, 5.41) is 16.8. The van der Waals surface area contributed by atoms with Crippen LogP contribution in [0.3, 0.4) is 0 Å². The Morgan fingerprint density at radius 2 is 2.00 bits per heavy atom. The van der Waals surface area contributed by atoms with Gasteiger partial charge in [-0.25, -0.2) is 9.75 Å². The van der Waals surface area contributed by atoms with Crippen molar-refractivity contribution in [3.63, 3.8) is 0 Å². The van der Waals surface area contributed by atoms with Crippen molar-refractivity contribution >= 4 is 29.9 Å². The van der Waals surface area contributed by atoms with Gasteiger partial charge in [-0.3, -0.25) is 9.63 Å². The lowest BCUT2D eigenvalue weighted by molar-refractivity contribution is -0.0759. The third kappa shape index (κ3) is 6.19. The van der Waals surface area contributed by atoms with Gasteiger partial charge < -0.3 is 14.6 Å². The molecule has 0 bridgehead atoms. The molecule has 2 aromatic rings. The summed E-state index contributed by atoms with van der Waals surface area (Å²) in [5.74, 6) is 0.323. The molecule has 8 nitrogen and oxygen atoms in total. The van der Waals surface area contributed by atoms with Gasteiger partial charge in [-0.15, -0.1) is 0 Å². The zero-order chi connectivity index (χ0) is 24.1. The second-order valence-electron chi connectivity index (χ2n) is 8.68. The van der Waals surface area contributed by atoms with E-state index in [1.165, 1.54) is 25.0 Å². The molecule has 0 aliphatic rings. The maximum Gasteiger partial charge on any atom is 0.280 e. The van der Waals surface area contributed by atoms with Crippen molar-refractivity contribution in [1.82, 2.24) is 14.8 Å². The third-order valence-corrected chi connectivity index (χ3v) is 7.88. The van der Waals surface area contributed by atoms with Crippen LogP contribution in [0.1, 0.15) is 40.2 Å². The molecule has 1 unspecified atom stereocenters. The number of rotatable bonds is 11. The fourth-order valence-corrected chi connectivity index (χ4v) is 4.82. The van der Waals surface area contributed by atoms with Crippen molar-refractivity contribution < 1.29 is 24.2 Å². The number of methoxy groups -OCH3 is 1. The molecule has 0 radical (unpaired) electrons. The Kier molecular flexibility index (Phi) is 9.47. The number of hydrogen-bond acceptors (Lipinski definition) is 6. The van der Waals surface area contributed by atoms with E-state index in [1.807, 2.05) is 13.0 Å². The van der Waals surface area contributed by atoms with Gasteiger partial charge in [0.15, 0.2) is 0 Å². The van der Waals surface area contributed by atoms with Crippen molar-refractivity contribution in [3.8, 4) is 5.75 Å². The lowest BCUT2D eigenvalue weighted by Gasteiger charge is -2.21. The van der Waals surface area contributed by atoms with E-state index in [2.05, 4.69) is 40.7 Å². The molecule has 0 fully saturated rings. The molecule has 0 saturated heterocycles. The maximum atomic E-state index is 12.9. The summed E-state index contributed by atoms with van der Waals surface area (Å²) in [6.45, 7) is 9.59. The van der Waals surface area contributed by atoms with Gasteiger partial charge in [-0.1, -0.05) is 32.6 Å². The predicted molar refractivity (Wildman–Crippen MR) is 130 cm³/mol. The first-order chi connectivity index (χ1) is 15.1. The normalized spacial score (nSPS) is 12.7. The van der Waals surface area contributed by atoms with E-state index < -0.39 is 20.1 Å². The quantitative estimate of drug-likeness (QED) is 0.267. The van der Waals surface area contributed by atoms with Crippen molar-refractivity contribution in [2.45, 2.75) is 51.9 Å². The van der Waals surface area contributed by atoms with Crippen LogP contribution in [0.15, 0.2) is 22.8 Å². The Morgan fingerprint density at radius 3 is 2.56 bits per heavy atom. The summed E-state index contributed by atoms with van der Waals surface area (Å²) in [7, 11) is 3.29. The highest BCUT2D eigenvalue weighted by atomic mass is 79.9. The lowest BCUT2D eigenvalue weighted by Crippen LogP contribution is -2.27. The molecule has 1 N–H and O–H groups in total. The molecule has 1 heterocycles. The number of nitrogens with zero attached hydrogens (tertiary/aromatic N) is 3. The molecule has 0 aliphatic carbocycles. The molecule has 0 saturated carbocycles. The Morgan fingerprint density at radius 1 is 1.31 bits per heavy atom. The SMILES string of the molecule is CCc1c(OC)ccc(C(O)c2c(C(=O)N(C)OC)cnn2COCC[Si](C)(C)C)c1Br. The minimum Gasteiger partial charge on any atom is -0.496 e. The van der Waals surface area contributed by atoms with Crippen LogP contribution in [0, 0.1) is 0 Å². The standard InChI is InChI=1S/C22H34BrN3O5Si/c1-8-15-18(29-3)10-9-16(19(15)23)21(27)20-17(22(28)25(2)30-4)13-24-26(20)14-31-11-12-32(5,6)7/h9-10,13,21,27H,8,11-12,14H2,1-7H3. The van der Waals surface area contributed by atoms with Crippen molar-refractivity contribution in [3.05, 3.63) is 45.2 Å². The molecule has 1 amide bonds. The van der Waals surface area contributed by atoms with E-state index in [9.17, 15) is 9.90 Å². The topological polar surface area (TPSA) is 86.0 Å². The van der Waals surface area contributed by atoms with E-state index >= 15 is 0 Å². The summed E-state index contributed by atoms with van der Waals surface area (Å²) < 4.78 is 13.6. The number of hydroxylamine groups is 2. The molecule has 0 aliphatic heterocycles. The van der Waals surface area contributed by atoms with Gasteiger partial charge in [0.2, 0.25) is 0 Å². The number of amides is 1. The highest BCUT2D eigenvalue weighted by molar-refractivity contribution is 9.10. The molecular weight excluding hydrogens is 494 g/mol. The van der Waals surface area contributed by atoms with Crippen LogP contribution in [0.4, 0.5) is 0 Å². The van der Waals surface area contributed by atoms with Gasteiger partial charge in [0.25, 0.3) is 5.91 Å². The predicted octanol–water partition coefficient (Wildman–Crippen LogP) is 4.24. The van der Waals surface area contributed by atoms with Gasteiger partial charge in [0, 0.05) is 37.3 Å². The van der Waals surface area contributed by atoms with E-state index in [1.54, 1.807) is 13.2 Å². The number of ether oxygens (including phenoxy) is 2. The Bertz CT molecular complexity index is 929. The smallest absolute Gasteiger partial charge is 0.280 e. The number of carbonyl (C=O) groups excluding carboxylic acids is 1. The maximum absolute atomic E-state index is 12.9. The average molecular weight is 529 g/mol. The number of aliphatic hydroxyl groups is 1. The summed E-state index contributed by atoms with van der Waals surface area (Å²) in [4.78, 5) is 17.9. The minimum atomic E-state index is -1.24. The average Bonchev–Trinajstić information content (AvgIpc) is 3.17. The van der Waals surface area contributed by atoms with E-state index in [0.29, 0.717) is 24.3 Å². The first-order valence-corrected chi connectivity index (χ1v) is 15.0. The molecule has 1 aromatic carbocycles. The third-order valence-electron chi connectivity index (χ3n) is 5.24. The zero-order valence-electron chi connectivity index (χ0n) is 19.9. The fourth-order valence-electron chi connectivity index (χ4n) is 3.23. The largest absolute Gasteiger partial charge is 0.496 e. The molecule has 10 heteroatoms. The number of aliphatic hydroxyl groups excluding tert-OH is 1. The van der Waals surface area contributed by atoms with Crippen LogP contribution in [-0.2, 0) is 22.7 Å². The molecule has 32 heavy (non-hydrogen) atoms. The lowest BCUT2D eigenvalue weighted by atomic mass is 9.99. The molecule has 1 aromatic heterocycles. The van der Waals surface area contributed by atoms with Crippen LogP contribution < -0.4 is 4.74 Å². The monoisotopic (exact) mass is 527 g/mol. The molecule has 0 spiro atoms. The van der Waals surface area contributed by atoms with Crippen molar-refractivity contribution in [2.24, 2.45) is 0 Å². The summed E-state index contributed by atoms with van der Waals surface area (Å²) in [6.07, 6.45) is 1.03. The Hall–Kier alpha value is -1.72. The highest BCUT2D eigenvalue weighted by Gasteiger charge is 2.29. The highest BCUT2D eigenvalue weighted by Crippen LogP contribution is 2.37. The molecule has 1 atom stereocenters.